The van der Waals surface area contributed by atoms with Gasteiger partial charge in [0.2, 0.25) is 11.8 Å². The predicted octanol–water partition coefficient (Wildman–Crippen LogP) is 4.19. The first-order chi connectivity index (χ1) is 17.1. The maximum atomic E-state index is 11.5. The first-order valence-electron chi connectivity index (χ1n) is 10.4. The van der Waals surface area contributed by atoms with Crippen LogP contribution in [0.15, 0.2) is 91.4 Å². The summed E-state index contributed by atoms with van der Waals surface area (Å²) >= 11 is 0. The van der Waals surface area contributed by atoms with Crippen molar-refractivity contribution in [1.29, 1.82) is 0 Å². The number of nitrogens with zero attached hydrogens (tertiary/aromatic N) is 2. The standard InChI is InChI=1S/C24H14N2O8S2.2Na/c27-35(28,29)13-5-9-19-21(11-13)33-23(25-19)17-7-8-18(16-4-2-1-3-15(16)17)24-26-20-10-6-14(36(30,31)32)12-22(20)34-24;;/h1-12H,(H,27,28,29)(H,30,31,32);;. The fourth-order valence-corrected chi connectivity index (χ4v) is 5.03. The first kappa shape index (κ1) is 28.9. The van der Waals surface area contributed by atoms with E-state index in [-0.39, 0.29) is 91.9 Å². The molecule has 10 nitrogen and oxygen atoms in total. The van der Waals surface area contributed by atoms with Crippen molar-refractivity contribution in [2.24, 2.45) is 0 Å². The van der Waals surface area contributed by atoms with Crippen LogP contribution in [0.5, 0.6) is 0 Å². The molecule has 0 aliphatic carbocycles. The SMILES string of the molecule is O=S(=O)(O)c1ccc2nc(-c3ccc(-c4nc5ccc(S(=O)(=O)O)cc5o4)c4ccccc34)oc2c1.[Na].[Na]. The van der Waals surface area contributed by atoms with Gasteiger partial charge in [-0.2, -0.15) is 16.8 Å². The van der Waals surface area contributed by atoms with Crippen molar-refractivity contribution in [3.8, 4) is 22.9 Å². The summed E-state index contributed by atoms with van der Waals surface area (Å²) in [6, 6.07) is 18.7. The zero-order valence-corrected chi connectivity index (χ0v) is 25.6. The number of rotatable bonds is 4. The third-order valence-corrected chi connectivity index (χ3v) is 7.40. The Bertz CT molecular complexity index is 1920. The fraction of sp³-hybridized carbons (Fsp3) is 0. The minimum Gasteiger partial charge on any atom is -0.436 e. The van der Waals surface area contributed by atoms with Crippen LogP contribution in [0, 0.1) is 0 Å². The fourth-order valence-electron chi connectivity index (χ4n) is 4.03. The molecule has 0 bridgehead atoms. The van der Waals surface area contributed by atoms with E-state index >= 15 is 0 Å². The van der Waals surface area contributed by atoms with Crippen LogP contribution in [-0.4, -0.2) is 95.0 Å². The maximum absolute atomic E-state index is 11.5. The van der Waals surface area contributed by atoms with E-state index in [1.165, 1.54) is 36.4 Å². The number of hydrogen-bond donors (Lipinski definition) is 2. The molecule has 6 rings (SSSR count). The van der Waals surface area contributed by atoms with E-state index in [9.17, 15) is 25.9 Å². The smallest absolute Gasteiger partial charge is 0.294 e. The quantitative estimate of drug-likeness (QED) is 0.233. The van der Waals surface area contributed by atoms with Gasteiger partial charge in [-0.3, -0.25) is 9.11 Å². The van der Waals surface area contributed by atoms with Crippen LogP contribution in [0.3, 0.4) is 0 Å². The molecule has 14 heteroatoms. The molecule has 6 aromatic rings. The summed E-state index contributed by atoms with van der Waals surface area (Å²) < 4.78 is 76.2. The second kappa shape index (κ2) is 10.5. The third kappa shape index (κ3) is 5.21. The average Bonchev–Trinajstić information content (AvgIpc) is 3.45. The summed E-state index contributed by atoms with van der Waals surface area (Å²) in [5.74, 6) is 0.492. The number of benzene rings is 4. The van der Waals surface area contributed by atoms with Gasteiger partial charge >= 0.3 is 0 Å². The maximum Gasteiger partial charge on any atom is 0.294 e. The van der Waals surface area contributed by atoms with Gasteiger partial charge in [-0.1, -0.05) is 24.3 Å². The molecular weight excluding hydrogens is 554 g/mol. The van der Waals surface area contributed by atoms with Crippen LogP contribution in [0.2, 0.25) is 0 Å². The molecule has 2 radical (unpaired) electrons. The van der Waals surface area contributed by atoms with Crippen LogP contribution in [0.1, 0.15) is 0 Å². The second-order valence-electron chi connectivity index (χ2n) is 7.95. The Hall–Kier alpha value is -2.10. The molecule has 0 aliphatic rings. The Labute approximate surface area is 260 Å². The van der Waals surface area contributed by atoms with Gasteiger partial charge in [-0.05, 0) is 47.2 Å². The Kier molecular flexibility index (Phi) is 7.96. The van der Waals surface area contributed by atoms with Gasteiger partial charge in [0.1, 0.15) is 11.0 Å². The molecule has 0 saturated heterocycles. The van der Waals surface area contributed by atoms with Crippen molar-refractivity contribution in [3.05, 3.63) is 72.8 Å². The number of oxazole rings is 2. The van der Waals surface area contributed by atoms with E-state index in [0.717, 1.165) is 10.8 Å². The van der Waals surface area contributed by atoms with Crippen LogP contribution < -0.4 is 0 Å². The van der Waals surface area contributed by atoms with Crippen molar-refractivity contribution in [3.63, 3.8) is 0 Å². The molecule has 0 atom stereocenters. The molecule has 38 heavy (non-hydrogen) atoms. The summed E-state index contributed by atoms with van der Waals surface area (Å²) in [6.45, 7) is 0. The predicted molar refractivity (Wildman–Crippen MR) is 141 cm³/mol. The van der Waals surface area contributed by atoms with E-state index in [1.54, 1.807) is 12.1 Å². The van der Waals surface area contributed by atoms with E-state index in [4.69, 9.17) is 8.83 Å². The van der Waals surface area contributed by atoms with E-state index < -0.39 is 20.2 Å². The molecule has 2 heterocycles. The van der Waals surface area contributed by atoms with Gasteiger partial charge in [-0.25, -0.2) is 9.97 Å². The molecule has 0 saturated carbocycles. The third-order valence-electron chi connectivity index (χ3n) is 5.70. The summed E-state index contributed by atoms with van der Waals surface area (Å²) in [5, 5.41) is 1.50. The van der Waals surface area contributed by atoms with Crippen molar-refractivity contribution in [1.82, 2.24) is 9.97 Å². The van der Waals surface area contributed by atoms with E-state index in [0.29, 0.717) is 22.2 Å². The van der Waals surface area contributed by atoms with Crippen LogP contribution in [-0.2, 0) is 20.2 Å². The topological polar surface area (TPSA) is 161 Å². The second-order valence-corrected chi connectivity index (χ2v) is 10.8. The molecule has 0 amide bonds. The minimum atomic E-state index is -4.40. The Morgan fingerprint density at radius 3 is 1.34 bits per heavy atom. The van der Waals surface area contributed by atoms with E-state index in [2.05, 4.69) is 9.97 Å². The molecule has 0 fully saturated rings. The number of hydrogen-bond acceptors (Lipinski definition) is 8. The summed E-state index contributed by atoms with van der Waals surface area (Å²) in [5.41, 5.74) is 2.48. The van der Waals surface area contributed by atoms with Crippen molar-refractivity contribution in [2.75, 3.05) is 0 Å². The Morgan fingerprint density at radius 1 is 0.579 bits per heavy atom. The molecule has 4 aromatic carbocycles. The van der Waals surface area contributed by atoms with Crippen LogP contribution >= 0.6 is 0 Å². The zero-order valence-electron chi connectivity index (χ0n) is 20.0. The average molecular weight is 568 g/mol. The normalized spacial score (nSPS) is 11.9. The first-order valence-corrected chi connectivity index (χ1v) is 13.2. The van der Waals surface area contributed by atoms with Crippen molar-refractivity contribution in [2.45, 2.75) is 9.79 Å². The van der Waals surface area contributed by atoms with Gasteiger partial charge in [0, 0.05) is 82.4 Å². The zero-order chi connectivity index (χ0) is 25.2. The van der Waals surface area contributed by atoms with Crippen LogP contribution in [0.25, 0.3) is 55.9 Å². The Balaban J connectivity index is 0.00000168. The molecule has 0 unspecified atom stereocenters. The Morgan fingerprint density at radius 2 is 0.974 bits per heavy atom. The summed E-state index contributed by atoms with van der Waals surface area (Å²) in [7, 11) is -8.79. The molecule has 182 valence electrons. The molecule has 0 aliphatic heterocycles. The van der Waals surface area contributed by atoms with Gasteiger partial charge < -0.3 is 8.83 Å². The van der Waals surface area contributed by atoms with Gasteiger partial charge in [0.15, 0.2) is 11.2 Å². The van der Waals surface area contributed by atoms with Crippen molar-refractivity contribution < 1.29 is 34.8 Å². The van der Waals surface area contributed by atoms with Gasteiger partial charge in [-0.15, -0.1) is 0 Å². The summed E-state index contributed by atoms with van der Waals surface area (Å²) in [6.07, 6.45) is 0. The molecule has 2 aromatic heterocycles. The van der Waals surface area contributed by atoms with Gasteiger partial charge in [0.25, 0.3) is 20.2 Å². The van der Waals surface area contributed by atoms with Crippen molar-refractivity contribution >= 4 is 112 Å². The molecular formula is C24H14N2Na2O8S2. The van der Waals surface area contributed by atoms with Crippen LogP contribution in [0.4, 0.5) is 0 Å². The monoisotopic (exact) mass is 568 g/mol. The number of fused-ring (bicyclic) bond motifs is 3. The molecule has 2 N–H and O–H groups in total. The molecule has 0 spiro atoms. The number of aromatic nitrogens is 2. The largest absolute Gasteiger partial charge is 0.436 e. The summed E-state index contributed by atoms with van der Waals surface area (Å²) in [4.78, 5) is 8.33. The van der Waals surface area contributed by atoms with E-state index in [1.807, 2.05) is 24.3 Å². The van der Waals surface area contributed by atoms with Gasteiger partial charge in [0.05, 0.1) is 9.79 Å². The minimum absolute atomic E-state index is 0.